The van der Waals surface area contributed by atoms with Crippen LogP contribution < -0.4 is 5.32 Å². The molecule has 2 N–H and O–H groups in total. The van der Waals surface area contributed by atoms with Gasteiger partial charge >= 0.3 is 0 Å². The Bertz CT molecular complexity index is 262. The monoisotopic (exact) mass is 270 g/mol. The van der Waals surface area contributed by atoms with Gasteiger partial charge in [0.05, 0.1) is 6.61 Å². The summed E-state index contributed by atoms with van der Waals surface area (Å²) >= 11 is 0. The Balaban J connectivity index is 2.61. The molecule has 0 heterocycles. The summed E-state index contributed by atoms with van der Waals surface area (Å²) in [6, 6.07) is 0.601. The molecule has 0 spiro atoms. The second kappa shape index (κ2) is 7.05. The molecule has 0 aromatic rings. The van der Waals surface area contributed by atoms with Crippen molar-refractivity contribution >= 4 is 0 Å². The lowest BCUT2D eigenvalue weighted by Gasteiger charge is -2.44. The molecule has 0 bridgehead atoms. The molecule has 19 heavy (non-hydrogen) atoms. The van der Waals surface area contributed by atoms with Crippen molar-refractivity contribution in [2.45, 2.75) is 71.4 Å². The van der Waals surface area contributed by atoms with Crippen molar-refractivity contribution in [3.05, 3.63) is 0 Å². The van der Waals surface area contributed by atoms with Crippen LogP contribution in [0.2, 0.25) is 0 Å². The minimum atomic E-state index is -0.0366. The number of aliphatic hydroxyl groups excluding tert-OH is 1. The highest BCUT2D eigenvalue weighted by Crippen LogP contribution is 2.32. The lowest BCUT2D eigenvalue weighted by molar-refractivity contribution is 0.0574. The number of hydrogen-bond donors (Lipinski definition) is 2. The van der Waals surface area contributed by atoms with Gasteiger partial charge in [-0.2, -0.15) is 0 Å². The molecule has 2 unspecified atom stereocenters. The molecule has 0 saturated heterocycles. The molecule has 0 aromatic heterocycles. The van der Waals surface area contributed by atoms with E-state index < -0.39 is 0 Å². The van der Waals surface area contributed by atoms with Gasteiger partial charge in [0.25, 0.3) is 0 Å². The zero-order valence-corrected chi connectivity index (χ0v) is 13.6. The van der Waals surface area contributed by atoms with Crippen LogP contribution >= 0.6 is 0 Å². The average molecular weight is 270 g/mol. The molecule has 0 amide bonds. The lowest BCUT2D eigenvalue weighted by Crippen LogP contribution is -2.56. The van der Waals surface area contributed by atoms with Gasteiger partial charge in [-0.15, -0.1) is 0 Å². The topological polar surface area (TPSA) is 35.5 Å². The van der Waals surface area contributed by atoms with E-state index in [0.29, 0.717) is 11.5 Å². The molecular weight excluding hydrogens is 236 g/mol. The minimum Gasteiger partial charge on any atom is -0.394 e. The second-order valence-corrected chi connectivity index (χ2v) is 7.59. The molecule has 2 atom stereocenters. The fourth-order valence-electron chi connectivity index (χ4n) is 3.33. The fourth-order valence-corrected chi connectivity index (χ4v) is 3.33. The molecule has 3 heteroatoms. The summed E-state index contributed by atoms with van der Waals surface area (Å²) in [5.74, 6) is 0. The van der Waals surface area contributed by atoms with E-state index in [0.717, 1.165) is 32.4 Å². The van der Waals surface area contributed by atoms with E-state index in [-0.39, 0.29) is 12.1 Å². The van der Waals surface area contributed by atoms with Crippen LogP contribution in [0.3, 0.4) is 0 Å². The Kier molecular flexibility index (Phi) is 6.28. The summed E-state index contributed by atoms with van der Waals surface area (Å²) in [6.45, 7) is 11.5. The molecule has 0 radical (unpaired) electrons. The van der Waals surface area contributed by atoms with E-state index in [1.807, 2.05) is 0 Å². The van der Waals surface area contributed by atoms with Crippen molar-refractivity contribution < 1.29 is 5.11 Å². The number of nitrogens with zero attached hydrogens (tertiary/aromatic N) is 1. The third-order valence-electron chi connectivity index (χ3n) is 4.22. The molecule has 1 aliphatic carbocycles. The molecule has 1 rings (SSSR count). The van der Waals surface area contributed by atoms with E-state index in [1.54, 1.807) is 0 Å². The van der Waals surface area contributed by atoms with Gasteiger partial charge in [-0.1, -0.05) is 27.7 Å². The van der Waals surface area contributed by atoms with Gasteiger partial charge in [-0.05, 0) is 51.1 Å². The maximum absolute atomic E-state index is 9.82. The fraction of sp³-hybridized carbons (Fsp3) is 1.00. The highest BCUT2D eigenvalue weighted by molar-refractivity contribution is 4.96. The van der Waals surface area contributed by atoms with Gasteiger partial charge < -0.3 is 15.3 Å². The van der Waals surface area contributed by atoms with Gasteiger partial charge in [0.2, 0.25) is 0 Å². The Morgan fingerprint density at radius 3 is 2.58 bits per heavy atom. The number of hydrogen-bond acceptors (Lipinski definition) is 3. The summed E-state index contributed by atoms with van der Waals surface area (Å²) < 4.78 is 0. The van der Waals surface area contributed by atoms with E-state index in [2.05, 4.69) is 45.0 Å². The van der Waals surface area contributed by atoms with Crippen LogP contribution in [0, 0.1) is 5.41 Å². The van der Waals surface area contributed by atoms with E-state index >= 15 is 0 Å². The highest BCUT2D eigenvalue weighted by Gasteiger charge is 2.37. The van der Waals surface area contributed by atoms with Crippen molar-refractivity contribution in [1.82, 2.24) is 10.2 Å². The normalized spacial score (nSPS) is 28.9. The van der Waals surface area contributed by atoms with Crippen LogP contribution in [0.25, 0.3) is 0 Å². The Hall–Kier alpha value is -0.120. The molecule has 1 saturated carbocycles. The van der Waals surface area contributed by atoms with Crippen LogP contribution in [-0.2, 0) is 0 Å². The molecule has 3 nitrogen and oxygen atoms in total. The predicted molar refractivity (Wildman–Crippen MR) is 82.5 cm³/mol. The predicted octanol–water partition coefficient (Wildman–Crippen LogP) is 2.64. The van der Waals surface area contributed by atoms with Crippen LogP contribution in [0.15, 0.2) is 0 Å². The van der Waals surface area contributed by atoms with Gasteiger partial charge in [0.15, 0.2) is 0 Å². The van der Waals surface area contributed by atoms with Gasteiger partial charge in [0.1, 0.15) is 0 Å². The highest BCUT2D eigenvalue weighted by atomic mass is 16.3. The Morgan fingerprint density at radius 1 is 1.37 bits per heavy atom. The van der Waals surface area contributed by atoms with Gasteiger partial charge in [-0.25, -0.2) is 0 Å². The first-order valence-electron chi connectivity index (χ1n) is 7.88. The molecular formula is C16H34N2O. The van der Waals surface area contributed by atoms with Crippen LogP contribution in [0.4, 0.5) is 0 Å². The lowest BCUT2D eigenvalue weighted by atomic mass is 9.78. The zero-order chi connectivity index (χ0) is 14.5. The third-order valence-corrected chi connectivity index (χ3v) is 4.22. The summed E-state index contributed by atoms with van der Waals surface area (Å²) in [4.78, 5) is 2.50. The minimum absolute atomic E-state index is 0.0366. The summed E-state index contributed by atoms with van der Waals surface area (Å²) in [5, 5.41) is 13.4. The number of aliphatic hydroxyl groups is 1. The van der Waals surface area contributed by atoms with Gasteiger partial charge in [-0.3, -0.25) is 0 Å². The second-order valence-electron chi connectivity index (χ2n) is 7.59. The van der Waals surface area contributed by atoms with Crippen LogP contribution in [0.5, 0.6) is 0 Å². The van der Waals surface area contributed by atoms with Crippen molar-refractivity contribution in [2.24, 2.45) is 5.41 Å². The smallest absolute Gasteiger partial charge is 0.0613 e. The van der Waals surface area contributed by atoms with Crippen LogP contribution in [-0.4, -0.2) is 48.3 Å². The first kappa shape index (κ1) is 16.9. The quantitative estimate of drug-likeness (QED) is 0.779. The van der Waals surface area contributed by atoms with Crippen LogP contribution in [0.1, 0.15) is 59.8 Å². The zero-order valence-electron chi connectivity index (χ0n) is 13.6. The molecule has 0 aromatic carbocycles. The number of rotatable bonds is 6. The summed E-state index contributed by atoms with van der Waals surface area (Å²) in [6.07, 6.45) is 5.81. The summed E-state index contributed by atoms with van der Waals surface area (Å²) in [5.41, 5.74) is 0.302. The van der Waals surface area contributed by atoms with Crippen molar-refractivity contribution in [1.29, 1.82) is 0 Å². The van der Waals surface area contributed by atoms with E-state index in [9.17, 15) is 5.11 Å². The third kappa shape index (κ3) is 5.41. The maximum Gasteiger partial charge on any atom is 0.0613 e. The number of nitrogens with one attached hydrogen (secondary N) is 1. The largest absolute Gasteiger partial charge is 0.394 e. The van der Waals surface area contributed by atoms with Crippen molar-refractivity contribution in [2.75, 3.05) is 26.7 Å². The van der Waals surface area contributed by atoms with Gasteiger partial charge in [0, 0.05) is 18.1 Å². The SMILES string of the molecule is CCCNC1(CO)CCCC(N(C)CC(C)(C)C)C1. The maximum atomic E-state index is 9.82. The average Bonchev–Trinajstić information content (AvgIpc) is 2.34. The molecule has 114 valence electrons. The molecule has 1 aliphatic rings. The Morgan fingerprint density at radius 2 is 2.05 bits per heavy atom. The van der Waals surface area contributed by atoms with Crippen molar-refractivity contribution in [3.63, 3.8) is 0 Å². The van der Waals surface area contributed by atoms with E-state index in [4.69, 9.17) is 0 Å². The van der Waals surface area contributed by atoms with Crippen molar-refractivity contribution in [3.8, 4) is 0 Å². The standard InChI is InChI=1S/C16H34N2O/c1-6-10-17-16(13-19)9-7-8-14(11-16)18(5)12-15(2,3)4/h14,17,19H,6-13H2,1-5H3. The first-order valence-corrected chi connectivity index (χ1v) is 7.88. The first-order chi connectivity index (χ1) is 8.82. The molecule has 0 aliphatic heterocycles. The molecule has 1 fully saturated rings. The van der Waals surface area contributed by atoms with E-state index in [1.165, 1.54) is 12.8 Å². The summed E-state index contributed by atoms with van der Waals surface area (Å²) in [7, 11) is 2.24. The Labute approximate surface area is 119 Å².